The van der Waals surface area contributed by atoms with Crippen LogP contribution < -0.4 is 5.73 Å². The predicted molar refractivity (Wildman–Crippen MR) is 64.0 cm³/mol. The van der Waals surface area contributed by atoms with Crippen molar-refractivity contribution in [3.8, 4) is 5.69 Å². The number of nitrogens with two attached hydrogens (primary N) is 1. The second kappa shape index (κ2) is 4.65. The number of carbonyl (C=O) groups is 1. The summed E-state index contributed by atoms with van der Waals surface area (Å²) in [7, 11) is 0. The molecule has 0 saturated heterocycles. The van der Waals surface area contributed by atoms with Crippen molar-refractivity contribution in [3.63, 3.8) is 0 Å². The van der Waals surface area contributed by atoms with E-state index in [2.05, 4.69) is 0 Å². The fraction of sp³-hybridized carbons (Fsp3) is 0. The van der Waals surface area contributed by atoms with Gasteiger partial charge in [-0.25, -0.2) is 4.39 Å². The van der Waals surface area contributed by atoms with E-state index in [9.17, 15) is 9.18 Å². The highest BCUT2D eigenvalue weighted by Crippen LogP contribution is 2.14. The molecule has 0 spiro atoms. The van der Waals surface area contributed by atoms with Gasteiger partial charge in [0.15, 0.2) is 0 Å². The van der Waals surface area contributed by atoms with Gasteiger partial charge in [-0.1, -0.05) is 0 Å². The molecule has 0 aliphatic carbocycles. The fourth-order valence-electron chi connectivity index (χ4n) is 1.53. The van der Waals surface area contributed by atoms with Crippen LogP contribution in [0.2, 0.25) is 0 Å². The van der Waals surface area contributed by atoms with Gasteiger partial charge >= 0.3 is 0 Å². The Bertz CT molecular complexity index is 555. The molecule has 0 bridgehead atoms. The zero-order valence-electron chi connectivity index (χ0n) is 9.01. The number of benzene rings is 1. The average Bonchev–Trinajstić information content (AvgIpc) is 2.75. The maximum absolute atomic E-state index is 12.8. The molecule has 0 radical (unpaired) electrons. The van der Waals surface area contributed by atoms with Gasteiger partial charge in [0.2, 0.25) is 5.91 Å². The molecule has 1 amide bonds. The smallest absolute Gasteiger partial charge is 0.241 e. The van der Waals surface area contributed by atoms with Crippen LogP contribution in [0.15, 0.2) is 48.7 Å². The number of hydrogen-bond acceptors (Lipinski definition) is 1. The molecule has 0 saturated carbocycles. The third-order valence-corrected chi connectivity index (χ3v) is 2.30. The van der Waals surface area contributed by atoms with E-state index in [0.717, 1.165) is 11.4 Å². The molecule has 86 valence electrons. The van der Waals surface area contributed by atoms with Crippen LogP contribution in [0.3, 0.4) is 0 Å². The van der Waals surface area contributed by atoms with E-state index in [4.69, 9.17) is 5.73 Å². The first-order valence-corrected chi connectivity index (χ1v) is 5.07. The van der Waals surface area contributed by atoms with Gasteiger partial charge in [0.05, 0.1) is 0 Å². The molecule has 0 aliphatic heterocycles. The lowest BCUT2D eigenvalue weighted by Crippen LogP contribution is -2.05. The van der Waals surface area contributed by atoms with Crippen LogP contribution in [-0.2, 0) is 4.79 Å². The van der Waals surface area contributed by atoms with Crippen LogP contribution in [0.4, 0.5) is 4.39 Å². The van der Waals surface area contributed by atoms with Crippen LogP contribution >= 0.6 is 0 Å². The third-order valence-electron chi connectivity index (χ3n) is 2.30. The molecule has 0 fully saturated rings. The lowest BCUT2D eigenvalue weighted by Gasteiger charge is -2.05. The summed E-state index contributed by atoms with van der Waals surface area (Å²) >= 11 is 0. The number of carbonyl (C=O) groups excluding carboxylic acids is 1. The van der Waals surface area contributed by atoms with Crippen LogP contribution in [0, 0.1) is 5.82 Å². The van der Waals surface area contributed by atoms with Gasteiger partial charge in [-0.05, 0) is 42.5 Å². The Morgan fingerprint density at radius 1 is 1.24 bits per heavy atom. The first kappa shape index (κ1) is 11.1. The summed E-state index contributed by atoms with van der Waals surface area (Å²) in [6.07, 6.45) is 4.73. The maximum atomic E-state index is 12.8. The molecule has 17 heavy (non-hydrogen) atoms. The van der Waals surface area contributed by atoms with Crippen LogP contribution in [-0.4, -0.2) is 10.5 Å². The molecule has 1 heterocycles. The lowest BCUT2D eigenvalue weighted by atomic mass is 10.3. The normalized spacial score (nSPS) is 10.9. The van der Waals surface area contributed by atoms with Crippen molar-refractivity contribution >= 4 is 12.0 Å². The first-order chi connectivity index (χ1) is 8.16. The van der Waals surface area contributed by atoms with Gasteiger partial charge in [0.25, 0.3) is 0 Å². The Balaban J connectivity index is 2.36. The molecular weight excluding hydrogens is 219 g/mol. The van der Waals surface area contributed by atoms with Gasteiger partial charge < -0.3 is 10.3 Å². The second-order valence-corrected chi connectivity index (χ2v) is 3.52. The van der Waals surface area contributed by atoms with Crippen molar-refractivity contribution in [2.24, 2.45) is 5.73 Å². The maximum Gasteiger partial charge on any atom is 0.241 e. The second-order valence-electron chi connectivity index (χ2n) is 3.52. The summed E-state index contributed by atoms with van der Waals surface area (Å²) in [5, 5.41) is 0. The van der Waals surface area contributed by atoms with E-state index in [1.807, 2.05) is 22.9 Å². The molecule has 0 aliphatic rings. The van der Waals surface area contributed by atoms with Crippen molar-refractivity contribution < 1.29 is 9.18 Å². The minimum atomic E-state index is -0.503. The van der Waals surface area contributed by atoms with Crippen molar-refractivity contribution in [3.05, 3.63) is 60.2 Å². The number of aromatic nitrogens is 1. The number of nitrogens with zero attached hydrogens (tertiary/aromatic N) is 1. The number of primary amides is 1. The van der Waals surface area contributed by atoms with Crippen molar-refractivity contribution in [2.45, 2.75) is 0 Å². The lowest BCUT2D eigenvalue weighted by molar-refractivity contribution is -0.113. The Labute approximate surface area is 98.0 Å². The summed E-state index contributed by atoms with van der Waals surface area (Å²) in [6.45, 7) is 0. The monoisotopic (exact) mass is 230 g/mol. The predicted octanol–water partition coefficient (Wildman–Crippen LogP) is 2.11. The summed E-state index contributed by atoms with van der Waals surface area (Å²) in [5.41, 5.74) is 6.65. The summed E-state index contributed by atoms with van der Waals surface area (Å²) in [4.78, 5) is 10.7. The number of rotatable bonds is 3. The topological polar surface area (TPSA) is 48.0 Å². The zero-order chi connectivity index (χ0) is 12.3. The van der Waals surface area contributed by atoms with Crippen LogP contribution in [0.5, 0.6) is 0 Å². The number of amides is 1. The Morgan fingerprint density at radius 3 is 2.59 bits per heavy atom. The number of hydrogen-bond donors (Lipinski definition) is 1. The van der Waals surface area contributed by atoms with Gasteiger partial charge in [-0.15, -0.1) is 0 Å². The minimum absolute atomic E-state index is 0.282. The SMILES string of the molecule is NC(=O)/C=C/c1cccn1-c1ccc(F)cc1. The largest absolute Gasteiger partial charge is 0.366 e. The molecule has 2 rings (SSSR count). The zero-order valence-corrected chi connectivity index (χ0v) is 9.01. The summed E-state index contributed by atoms with van der Waals surface area (Å²) in [5.74, 6) is -0.785. The standard InChI is InChI=1S/C13H11FN2O/c14-10-3-5-12(6-4-10)16-9-1-2-11(16)7-8-13(15)17/h1-9H,(H2,15,17)/b8-7+. The van der Waals surface area contributed by atoms with Gasteiger partial charge in [-0.3, -0.25) is 4.79 Å². The van der Waals surface area contributed by atoms with E-state index in [1.165, 1.54) is 18.2 Å². The highest BCUT2D eigenvalue weighted by molar-refractivity contribution is 5.90. The van der Waals surface area contributed by atoms with Gasteiger partial charge in [-0.2, -0.15) is 0 Å². The van der Waals surface area contributed by atoms with Gasteiger partial charge in [0.1, 0.15) is 5.82 Å². The van der Waals surface area contributed by atoms with E-state index in [-0.39, 0.29) is 5.82 Å². The Hall–Kier alpha value is -2.36. The highest BCUT2D eigenvalue weighted by atomic mass is 19.1. The molecule has 3 nitrogen and oxygen atoms in total. The van der Waals surface area contributed by atoms with Crippen LogP contribution in [0.25, 0.3) is 11.8 Å². The van der Waals surface area contributed by atoms with E-state index < -0.39 is 5.91 Å². The molecule has 2 aromatic rings. The van der Waals surface area contributed by atoms with Crippen LogP contribution in [0.1, 0.15) is 5.69 Å². The first-order valence-electron chi connectivity index (χ1n) is 5.07. The van der Waals surface area contributed by atoms with Crippen molar-refractivity contribution in [1.29, 1.82) is 0 Å². The van der Waals surface area contributed by atoms with Crippen molar-refractivity contribution in [1.82, 2.24) is 4.57 Å². The third kappa shape index (κ3) is 2.60. The molecule has 4 heteroatoms. The molecule has 2 N–H and O–H groups in total. The minimum Gasteiger partial charge on any atom is -0.366 e. The molecule has 1 aromatic heterocycles. The quantitative estimate of drug-likeness (QED) is 0.806. The average molecular weight is 230 g/mol. The summed E-state index contributed by atoms with van der Waals surface area (Å²) in [6, 6.07) is 9.77. The summed E-state index contributed by atoms with van der Waals surface area (Å²) < 4.78 is 14.6. The molecule has 0 unspecified atom stereocenters. The molecular formula is C13H11FN2O. The van der Waals surface area contributed by atoms with E-state index in [0.29, 0.717) is 0 Å². The number of halogens is 1. The van der Waals surface area contributed by atoms with Gasteiger partial charge in [0, 0.05) is 23.7 Å². The van der Waals surface area contributed by atoms with Crippen molar-refractivity contribution in [2.75, 3.05) is 0 Å². The van der Waals surface area contributed by atoms with E-state index >= 15 is 0 Å². The molecule has 1 aromatic carbocycles. The Morgan fingerprint density at radius 2 is 1.94 bits per heavy atom. The fourth-order valence-corrected chi connectivity index (χ4v) is 1.53. The highest BCUT2D eigenvalue weighted by Gasteiger charge is 2.00. The molecule has 0 atom stereocenters. The van der Waals surface area contributed by atoms with E-state index in [1.54, 1.807) is 18.2 Å². The Kier molecular flexibility index (Phi) is 3.05.